The molecular formula is C15H24N2O4. The molecule has 0 unspecified atom stereocenters. The van der Waals surface area contributed by atoms with Crippen LogP contribution in [-0.2, 0) is 11.3 Å². The first kappa shape index (κ1) is 17.4. The Hall–Kier alpha value is -1.66. The van der Waals surface area contributed by atoms with Crippen LogP contribution in [0.4, 0.5) is 5.69 Å². The summed E-state index contributed by atoms with van der Waals surface area (Å²) < 4.78 is 10.5. The van der Waals surface area contributed by atoms with Crippen LogP contribution in [-0.4, -0.2) is 31.8 Å². The van der Waals surface area contributed by atoms with Crippen molar-refractivity contribution in [1.29, 1.82) is 0 Å². The smallest absolute Gasteiger partial charge is 0.311 e. The zero-order valence-corrected chi connectivity index (χ0v) is 12.8. The molecule has 1 rings (SSSR count). The normalized spacial score (nSPS) is 10.6. The number of unbranched alkanes of at least 4 members (excludes halogenated alkanes) is 2. The van der Waals surface area contributed by atoms with Crippen molar-refractivity contribution in [3.8, 4) is 5.75 Å². The van der Waals surface area contributed by atoms with Crippen LogP contribution >= 0.6 is 0 Å². The molecule has 0 bridgehead atoms. The molecule has 0 atom stereocenters. The lowest BCUT2D eigenvalue weighted by molar-refractivity contribution is -0.385. The van der Waals surface area contributed by atoms with Crippen molar-refractivity contribution in [2.45, 2.75) is 32.7 Å². The van der Waals surface area contributed by atoms with E-state index in [1.807, 2.05) is 6.07 Å². The first-order valence-corrected chi connectivity index (χ1v) is 7.28. The summed E-state index contributed by atoms with van der Waals surface area (Å²) in [5.41, 5.74) is 0.885. The van der Waals surface area contributed by atoms with Gasteiger partial charge in [0.1, 0.15) is 0 Å². The number of nitrogens with one attached hydrogen (secondary N) is 1. The average molecular weight is 296 g/mol. The number of nitro benzene ring substituents is 1. The molecule has 0 heterocycles. The summed E-state index contributed by atoms with van der Waals surface area (Å²) in [6.07, 6.45) is 3.07. The monoisotopic (exact) mass is 296 g/mol. The van der Waals surface area contributed by atoms with E-state index in [4.69, 9.17) is 9.47 Å². The molecule has 0 saturated heterocycles. The lowest BCUT2D eigenvalue weighted by atomic mass is 10.2. The van der Waals surface area contributed by atoms with Crippen LogP contribution in [0.25, 0.3) is 0 Å². The van der Waals surface area contributed by atoms with Crippen molar-refractivity contribution in [2.75, 3.05) is 26.9 Å². The molecule has 0 amide bonds. The standard InChI is InChI=1S/C15H24N2O4/c1-3-4-5-9-21-15-7-6-13(11-14(15)17(18)19)12-16-8-10-20-2/h6-7,11,16H,3-5,8-10,12H2,1-2H3. The van der Waals surface area contributed by atoms with E-state index in [1.165, 1.54) is 0 Å². The summed E-state index contributed by atoms with van der Waals surface area (Å²) >= 11 is 0. The second-order valence-corrected chi connectivity index (χ2v) is 4.78. The fourth-order valence-electron chi connectivity index (χ4n) is 1.88. The summed E-state index contributed by atoms with van der Waals surface area (Å²) in [5, 5.41) is 14.3. The molecule has 1 aromatic carbocycles. The van der Waals surface area contributed by atoms with Gasteiger partial charge in [0.2, 0.25) is 0 Å². The lowest BCUT2D eigenvalue weighted by Gasteiger charge is -2.09. The van der Waals surface area contributed by atoms with Crippen molar-refractivity contribution in [3.05, 3.63) is 33.9 Å². The van der Waals surface area contributed by atoms with Gasteiger partial charge in [-0.2, -0.15) is 0 Å². The number of rotatable bonds is 11. The first-order chi connectivity index (χ1) is 10.2. The highest BCUT2D eigenvalue weighted by molar-refractivity contribution is 5.48. The summed E-state index contributed by atoms with van der Waals surface area (Å²) in [4.78, 5) is 10.7. The molecule has 0 fully saturated rings. The molecule has 1 N–H and O–H groups in total. The molecular weight excluding hydrogens is 272 g/mol. The van der Waals surface area contributed by atoms with Gasteiger partial charge in [0.25, 0.3) is 0 Å². The highest BCUT2D eigenvalue weighted by Crippen LogP contribution is 2.28. The minimum Gasteiger partial charge on any atom is -0.487 e. The topological polar surface area (TPSA) is 73.6 Å². The molecule has 0 saturated carbocycles. The van der Waals surface area contributed by atoms with Crippen LogP contribution in [0.2, 0.25) is 0 Å². The van der Waals surface area contributed by atoms with E-state index in [9.17, 15) is 10.1 Å². The number of methoxy groups -OCH3 is 1. The van der Waals surface area contributed by atoms with Gasteiger partial charge in [-0.1, -0.05) is 25.8 Å². The Morgan fingerprint density at radius 1 is 1.29 bits per heavy atom. The Labute approximate surface area is 125 Å². The van der Waals surface area contributed by atoms with Crippen molar-refractivity contribution in [2.24, 2.45) is 0 Å². The van der Waals surface area contributed by atoms with Crippen LogP contribution < -0.4 is 10.1 Å². The van der Waals surface area contributed by atoms with Crippen LogP contribution in [0.5, 0.6) is 5.75 Å². The summed E-state index contributed by atoms with van der Waals surface area (Å²) in [6.45, 7) is 4.51. The second kappa shape index (κ2) is 10.1. The minimum atomic E-state index is -0.395. The summed E-state index contributed by atoms with van der Waals surface area (Å²) in [6, 6.07) is 5.09. The zero-order chi connectivity index (χ0) is 15.5. The number of hydrogen-bond donors (Lipinski definition) is 1. The fourth-order valence-corrected chi connectivity index (χ4v) is 1.88. The predicted molar refractivity (Wildman–Crippen MR) is 81.7 cm³/mol. The van der Waals surface area contributed by atoms with E-state index in [2.05, 4.69) is 12.2 Å². The Morgan fingerprint density at radius 2 is 2.10 bits per heavy atom. The van der Waals surface area contributed by atoms with E-state index in [0.29, 0.717) is 32.1 Å². The van der Waals surface area contributed by atoms with Gasteiger partial charge in [-0.15, -0.1) is 0 Å². The maximum atomic E-state index is 11.1. The lowest BCUT2D eigenvalue weighted by Crippen LogP contribution is -2.18. The van der Waals surface area contributed by atoms with Crippen LogP contribution in [0, 0.1) is 10.1 Å². The SMILES string of the molecule is CCCCCOc1ccc(CNCCOC)cc1[N+](=O)[O-]. The molecule has 0 radical (unpaired) electrons. The van der Waals surface area contributed by atoms with Crippen LogP contribution in [0.1, 0.15) is 31.7 Å². The highest BCUT2D eigenvalue weighted by Gasteiger charge is 2.15. The van der Waals surface area contributed by atoms with Crippen molar-refractivity contribution >= 4 is 5.69 Å². The highest BCUT2D eigenvalue weighted by atomic mass is 16.6. The van der Waals surface area contributed by atoms with Gasteiger partial charge in [0, 0.05) is 26.3 Å². The molecule has 21 heavy (non-hydrogen) atoms. The first-order valence-electron chi connectivity index (χ1n) is 7.28. The van der Waals surface area contributed by atoms with Crippen LogP contribution in [0.15, 0.2) is 18.2 Å². The van der Waals surface area contributed by atoms with Crippen molar-refractivity contribution in [1.82, 2.24) is 5.32 Å². The van der Waals surface area contributed by atoms with Gasteiger partial charge in [0.15, 0.2) is 5.75 Å². The third-order valence-electron chi connectivity index (χ3n) is 3.04. The third-order valence-corrected chi connectivity index (χ3v) is 3.04. The van der Waals surface area contributed by atoms with Crippen molar-refractivity contribution in [3.63, 3.8) is 0 Å². The second-order valence-electron chi connectivity index (χ2n) is 4.78. The molecule has 6 nitrogen and oxygen atoms in total. The largest absolute Gasteiger partial charge is 0.487 e. The van der Waals surface area contributed by atoms with Gasteiger partial charge in [-0.25, -0.2) is 0 Å². The number of hydrogen-bond acceptors (Lipinski definition) is 5. The Kier molecular flexibility index (Phi) is 8.38. The number of nitrogens with zero attached hydrogens (tertiary/aromatic N) is 1. The molecule has 118 valence electrons. The molecule has 0 aliphatic carbocycles. The minimum absolute atomic E-state index is 0.0255. The van der Waals surface area contributed by atoms with E-state index in [-0.39, 0.29) is 5.69 Å². The number of ether oxygens (including phenoxy) is 2. The Bertz CT molecular complexity index is 438. The van der Waals surface area contributed by atoms with Gasteiger partial charge in [-0.05, 0) is 18.1 Å². The summed E-state index contributed by atoms with van der Waals surface area (Å²) in [5.74, 6) is 0.344. The van der Waals surface area contributed by atoms with Gasteiger partial charge < -0.3 is 14.8 Å². The molecule has 6 heteroatoms. The predicted octanol–water partition coefficient (Wildman–Crippen LogP) is 2.90. The third kappa shape index (κ3) is 6.55. The maximum absolute atomic E-state index is 11.1. The van der Waals surface area contributed by atoms with E-state index < -0.39 is 4.92 Å². The van der Waals surface area contributed by atoms with E-state index in [0.717, 1.165) is 24.8 Å². The van der Waals surface area contributed by atoms with Gasteiger partial charge in [-0.3, -0.25) is 10.1 Å². The van der Waals surface area contributed by atoms with Crippen molar-refractivity contribution < 1.29 is 14.4 Å². The zero-order valence-electron chi connectivity index (χ0n) is 12.8. The quantitative estimate of drug-likeness (QED) is 0.386. The number of benzene rings is 1. The van der Waals surface area contributed by atoms with Crippen LogP contribution in [0.3, 0.4) is 0 Å². The molecule has 1 aromatic rings. The number of nitro groups is 1. The molecule has 0 aliphatic rings. The van der Waals surface area contributed by atoms with E-state index in [1.54, 1.807) is 19.2 Å². The Balaban J connectivity index is 2.61. The van der Waals surface area contributed by atoms with Gasteiger partial charge >= 0.3 is 5.69 Å². The summed E-state index contributed by atoms with van der Waals surface area (Å²) in [7, 11) is 1.64. The van der Waals surface area contributed by atoms with E-state index >= 15 is 0 Å². The molecule has 0 aliphatic heterocycles. The Morgan fingerprint density at radius 3 is 2.76 bits per heavy atom. The average Bonchev–Trinajstić information content (AvgIpc) is 2.48. The molecule has 0 aromatic heterocycles. The van der Waals surface area contributed by atoms with Gasteiger partial charge in [0.05, 0.1) is 18.1 Å². The fraction of sp³-hybridized carbons (Fsp3) is 0.600. The maximum Gasteiger partial charge on any atom is 0.311 e. The molecule has 0 spiro atoms.